The van der Waals surface area contributed by atoms with E-state index in [1.807, 2.05) is 54.6 Å². The zero-order chi connectivity index (χ0) is 13.9. The SMILES string of the molecule is CC(=CS(N)(=O)=O)c1ccc(-c2ccccc2)cc1. The number of hydrogen-bond donors (Lipinski definition) is 1. The number of rotatable bonds is 3. The molecule has 4 heteroatoms. The maximum atomic E-state index is 11.0. The Morgan fingerprint density at radius 2 is 1.47 bits per heavy atom. The molecule has 2 aromatic carbocycles. The maximum absolute atomic E-state index is 11.0. The predicted octanol–water partition coefficient (Wildman–Crippen LogP) is 3.00. The van der Waals surface area contributed by atoms with Crippen LogP contribution in [0.4, 0.5) is 0 Å². The Labute approximate surface area is 113 Å². The van der Waals surface area contributed by atoms with Crippen LogP contribution in [0.15, 0.2) is 60.0 Å². The Morgan fingerprint density at radius 1 is 0.947 bits per heavy atom. The van der Waals surface area contributed by atoms with Crippen molar-refractivity contribution in [3.8, 4) is 11.1 Å². The highest BCUT2D eigenvalue weighted by molar-refractivity contribution is 7.92. The lowest BCUT2D eigenvalue weighted by atomic mass is 10.0. The fraction of sp³-hybridized carbons (Fsp3) is 0.0667. The van der Waals surface area contributed by atoms with Gasteiger partial charge in [-0.1, -0.05) is 54.6 Å². The molecule has 0 bridgehead atoms. The van der Waals surface area contributed by atoms with Gasteiger partial charge >= 0.3 is 0 Å². The number of allylic oxidation sites excluding steroid dienone is 1. The molecular formula is C15H15NO2S. The van der Waals surface area contributed by atoms with Crippen LogP contribution in [-0.4, -0.2) is 8.42 Å². The first kappa shape index (κ1) is 13.5. The number of hydrogen-bond acceptors (Lipinski definition) is 2. The largest absolute Gasteiger partial charge is 0.231 e. The van der Waals surface area contributed by atoms with Gasteiger partial charge in [0.2, 0.25) is 10.0 Å². The Bertz CT molecular complexity index is 687. The molecule has 0 unspecified atom stereocenters. The van der Waals surface area contributed by atoms with Crippen molar-refractivity contribution in [3.63, 3.8) is 0 Å². The fourth-order valence-corrected chi connectivity index (χ4v) is 2.50. The van der Waals surface area contributed by atoms with Gasteiger partial charge < -0.3 is 0 Å². The summed E-state index contributed by atoms with van der Waals surface area (Å²) in [5.41, 5.74) is 3.69. The summed E-state index contributed by atoms with van der Waals surface area (Å²) in [6, 6.07) is 17.7. The quantitative estimate of drug-likeness (QED) is 0.934. The van der Waals surface area contributed by atoms with Crippen LogP contribution in [0.2, 0.25) is 0 Å². The summed E-state index contributed by atoms with van der Waals surface area (Å²) >= 11 is 0. The van der Waals surface area contributed by atoms with E-state index in [1.54, 1.807) is 6.92 Å². The summed E-state index contributed by atoms with van der Waals surface area (Å²) < 4.78 is 22.0. The summed E-state index contributed by atoms with van der Waals surface area (Å²) in [6.45, 7) is 1.72. The standard InChI is InChI=1S/C15H15NO2S/c1-12(11-19(16,17)18)13-7-9-15(10-8-13)14-5-3-2-4-6-14/h2-11H,1H3,(H2,16,17,18). The van der Waals surface area contributed by atoms with Gasteiger partial charge in [-0.05, 0) is 29.2 Å². The summed E-state index contributed by atoms with van der Waals surface area (Å²) in [5, 5.41) is 6.06. The first-order valence-corrected chi connectivity index (χ1v) is 7.43. The van der Waals surface area contributed by atoms with Crippen LogP contribution in [0.5, 0.6) is 0 Å². The van der Waals surface area contributed by atoms with Crippen molar-refractivity contribution in [2.45, 2.75) is 6.92 Å². The zero-order valence-corrected chi connectivity index (χ0v) is 11.4. The normalized spacial score (nSPS) is 12.4. The van der Waals surface area contributed by atoms with E-state index in [0.29, 0.717) is 5.57 Å². The number of nitrogens with two attached hydrogens (primary N) is 1. The minimum Gasteiger partial charge on any atom is -0.225 e. The summed E-state index contributed by atoms with van der Waals surface area (Å²) in [5.74, 6) is 0. The van der Waals surface area contributed by atoms with Crippen molar-refractivity contribution in [2.24, 2.45) is 5.14 Å². The van der Waals surface area contributed by atoms with E-state index < -0.39 is 10.0 Å². The number of sulfonamides is 1. The van der Waals surface area contributed by atoms with Crippen LogP contribution in [0.25, 0.3) is 16.7 Å². The van der Waals surface area contributed by atoms with Crippen LogP contribution in [0, 0.1) is 0 Å². The van der Waals surface area contributed by atoms with Crippen molar-refractivity contribution in [2.75, 3.05) is 0 Å². The average Bonchev–Trinajstić information content (AvgIpc) is 2.38. The van der Waals surface area contributed by atoms with Crippen LogP contribution >= 0.6 is 0 Å². The van der Waals surface area contributed by atoms with E-state index in [9.17, 15) is 8.42 Å². The van der Waals surface area contributed by atoms with E-state index in [4.69, 9.17) is 5.14 Å². The molecule has 0 aromatic heterocycles. The van der Waals surface area contributed by atoms with Gasteiger partial charge in [0.25, 0.3) is 0 Å². The minimum atomic E-state index is -3.60. The van der Waals surface area contributed by atoms with E-state index in [2.05, 4.69) is 0 Å². The average molecular weight is 273 g/mol. The molecule has 0 saturated heterocycles. The molecule has 0 aliphatic heterocycles. The first-order valence-electron chi connectivity index (χ1n) is 5.83. The second-order valence-corrected chi connectivity index (χ2v) is 5.75. The molecule has 2 aromatic rings. The van der Waals surface area contributed by atoms with Gasteiger partial charge in [0.15, 0.2) is 0 Å². The molecule has 0 fully saturated rings. The van der Waals surface area contributed by atoms with E-state index in [1.165, 1.54) is 0 Å². The Balaban J connectivity index is 2.32. The number of primary sulfonamides is 1. The summed E-state index contributed by atoms with van der Waals surface area (Å²) in [7, 11) is -3.60. The van der Waals surface area contributed by atoms with Gasteiger partial charge in [-0.2, -0.15) is 0 Å². The third kappa shape index (κ3) is 3.77. The van der Waals surface area contributed by atoms with Crippen molar-refractivity contribution in [1.82, 2.24) is 0 Å². The maximum Gasteiger partial charge on any atom is 0.231 e. The smallest absolute Gasteiger partial charge is 0.225 e. The highest BCUT2D eigenvalue weighted by Gasteiger charge is 2.02. The monoisotopic (exact) mass is 273 g/mol. The Hall–Kier alpha value is -1.91. The van der Waals surface area contributed by atoms with Gasteiger partial charge in [0, 0.05) is 5.41 Å². The van der Waals surface area contributed by atoms with Gasteiger partial charge in [-0.15, -0.1) is 0 Å². The molecule has 0 atom stereocenters. The molecule has 19 heavy (non-hydrogen) atoms. The topological polar surface area (TPSA) is 60.2 Å². The van der Waals surface area contributed by atoms with Gasteiger partial charge in [0.05, 0.1) is 0 Å². The highest BCUT2D eigenvalue weighted by atomic mass is 32.2. The van der Waals surface area contributed by atoms with Crippen LogP contribution < -0.4 is 5.14 Å². The van der Waals surface area contributed by atoms with Gasteiger partial charge in [0.1, 0.15) is 0 Å². The zero-order valence-electron chi connectivity index (χ0n) is 10.6. The Kier molecular flexibility index (Phi) is 3.83. The van der Waals surface area contributed by atoms with E-state index >= 15 is 0 Å². The predicted molar refractivity (Wildman–Crippen MR) is 78.6 cm³/mol. The molecule has 0 aliphatic carbocycles. The molecule has 98 valence electrons. The van der Waals surface area contributed by atoms with Crippen molar-refractivity contribution < 1.29 is 8.42 Å². The van der Waals surface area contributed by atoms with Crippen LogP contribution in [0.3, 0.4) is 0 Å². The summed E-state index contributed by atoms with van der Waals surface area (Å²) in [4.78, 5) is 0. The Morgan fingerprint density at radius 3 is 2.00 bits per heavy atom. The molecule has 0 amide bonds. The van der Waals surface area contributed by atoms with E-state index in [-0.39, 0.29) is 0 Å². The van der Waals surface area contributed by atoms with E-state index in [0.717, 1.165) is 22.1 Å². The third-order valence-electron chi connectivity index (χ3n) is 2.79. The molecular weight excluding hydrogens is 258 g/mol. The highest BCUT2D eigenvalue weighted by Crippen LogP contribution is 2.22. The van der Waals surface area contributed by atoms with Crippen molar-refractivity contribution >= 4 is 15.6 Å². The lowest BCUT2D eigenvalue weighted by molar-refractivity contribution is 0.606. The van der Waals surface area contributed by atoms with Gasteiger partial charge in [-0.25, -0.2) is 13.6 Å². The van der Waals surface area contributed by atoms with Crippen molar-refractivity contribution in [3.05, 3.63) is 65.6 Å². The molecule has 2 N–H and O–H groups in total. The van der Waals surface area contributed by atoms with Crippen LogP contribution in [0.1, 0.15) is 12.5 Å². The molecule has 0 heterocycles. The number of benzene rings is 2. The first-order chi connectivity index (χ1) is 8.96. The molecule has 0 aliphatic rings. The lowest BCUT2D eigenvalue weighted by Crippen LogP contribution is -2.07. The lowest BCUT2D eigenvalue weighted by Gasteiger charge is -2.04. The molecule has 0 radical (unpaired) electrons. The fourth-order valence-electron chi connectivity index (χ4n) is 1.87. The molecule has 2 rings (SSSR count). The molecule has 3 nitrogen and oxygen atoms in total. The second kappa shape index (κ2) is 5.38. The van der Waals surface area contributed by atoms with Crippen molar-refractivity contribution in [1.29, 1.82) is 0 Å². The minimum absolute atomic E-state index is 0.627. The molecule has 0 saturated carbocycles. The molecule has 0 spiro atoms. The van der Waals surface area contributed by atoms with Crippen LogP contribution in [-0.2, 0) is 10.0 Å². The van der Waals surface area contributed by atoms with Gasteiger partial charge in [-0.3, -0.25) is 0 Å². The second-order valence-electron chi connectivity index (χ2n) is 4.33. The summed E-state index contributed by atoms with van der Waals surface area (Å²) in [6.07, 6.45) is 0. The third-order valence-corrected chi connectivity index (χ3v) is 3.47.